The van der Waals surface area contributed by atoms with Crippen molar-refractivity contribution in [2.24, 2.45) is 0 Å². The second kappa shape index (κ2) is 10.4. The number of hydrogen-bond donors (Lipinski definition) is 1. The molecule has 2 aliphatic heterocycles. The van der Waals surface area contributed by atoms with E-state index in [9.17, 15) is 13.2 Å². The van der Waals surface area contributed by atoms with E-state index >= 15 is 0 Å². The van der Waals surface area contributed by atoms with Gasteiger partial charge in [-0.3, -0.25) is 4.79 Å². The van der Waals surface area contributed by atoms with Gasteiger partial charge in [0.25, 0.3) is 0 Å². The third kappa shape index (κ3) is 5.35. The average Bonchev–Trinajstić information content (AvgIpc) is 3.20. The molecule has 3 heterocycles. The monoisotopic (exact) mass is 460 g/mol. The fourth-order valence-corrected chi connectivity index (χ4v) is 6.49. The number of nitrogens with zero attached hydrogens (tertiary/aromatic N) is 3. The van der Waals surface area contributed by atoms with Crippen molar-refractivity contribution in [1.82, 2.24) is 19.1 Å². The lowest BCUT2D eigenvalue weighted by Crippen LogP contribution is -2.39. The molecule has 2 aliphatic rings. The van der Waals surface area contributed by atoms with Crippen LogP contribution in [0.4, 0.5) is 0 Å². The Hall–Kier alpha value is -1.90. The molecule has 0 spiro atoms. The van der Waals surface area contributed by atoms with E-state index in [-0.39, 0.29) is 12.5 Å². The lowest BCUT2D eigenvalue weighted by molar-refractivity contribution is -0.121. The Morgan fingerprint density at radius 3 is 2.62 bits per heavy atom. The first-order valence-corrected chi connectivity index (χ1v) is 13.5. The molecular formula is C24H36N4O3S. The number of fused-ring (bicyclic) bond motifs is 1. The number of benzene rings is 1. The summed E-state index contributed by atoms with van der Waals surface area (Å²) in [5.41, 5.74) is 0.875. The molecule has 2 saturated heterocycles. The van der Waals surface area contributed by atoms with Crippen molar-refractivity contribution in [1.29, 1.82) is 0 Å². The molecule has 0 unspecified atom stereocenters. The van der Waals surface area contributed by atoms with Gasteiger partial charge in [-0.2, -0.15) is 4.31 Å². The highest BCUT2D eigenvalue weighted by molar-refractivity contribution is 7.89. The third-order valence-corrected chi connectivity index (χ3v) is 8.79. The first-order valence-electron chi connectivity index (χ1n) is 12.0. The lowest BCUT2D eigenvalue weighted by Gasteiger charge is -2.33. The molecule has 1 N–H and O–H groups in total. The first-order chi connectivity index (χ1) is 15.4. The van der Waals surface area contributed by atoms with Crippen molar-refractivity contribution >= 4 is 26.8 Å². The van der Waals surface area contributed by atoms with E-state index in [1.165, 1.54) is 25.8 Å². The molecule has 2 fully saturated rings. The highest BCUT2D eigenvalue weighted by atomic mass is 32.2. The summed E-state index contributed by atoms with van der Waals surface area (Å²) in [7, 11) is -3.45. The van der Waals surface area contributed by atoms with Gasteiger partial charge in [-0.15, -0.1) is 0 Å². The van der Waals surface area contributed by atoms with Gasteiger partial charge in [-0.25, -0.2) is 8.42 Å². The number of carbonyl (C=O) groups excluding carboxylic acids is 1. The van der Waals surface area contributed by atoms with Gasteiger partial charge in [0.15, 0.2) is 0 Å². The SMILES string of the molecule is C[C@H]1CCCCN1CCCNC(=O)Cn1ccc2cc(S(=O)(=O)N3CCCCC3)ccc21. The second-order valence-corrected chi connectivity index (χ2v) is 11.2. The van der Waals surface area contributed by atoms with Crippen molar-refractivity contribution in [2.45, 2.75) is 69.4 Å². The van der Waals surface area contributed by atoms with Crippen LogP contribution in [-0.4, -0.2) is 66.9 Å². The Labute approximate surface area is 191 Å². The third-order valence-electron chi connectivity index (χ3n) is 6.89. The lowest BCUT2D eigenvalue weighted by atomic mass is 10.0. The predicted octanol–water partition coefficient (Wildman–Crippen LogP) is 3.20. The Bertz CT molecular complexity index is 1030. The van der Waals surface area contributed by atoms with E-state index in [4.69, 9.17) is 0 Å². The van der Waals surface area contributed by atoms with Crippen molar-refractivity contribution in [3.8, 4) is 0 Å². The quantitative estimate of drug-likeness (QED) is 0.614. The smallest absolute Gasteiger partial charge is 0.243 e. The van der Waals surface area contributed by atoms with E-state index < -0.39 is 10.0 Å². The maximum atomic E-state index is 12.9. The molecule has 7 nitrogen and oxygen atoms in total. The van der Waals surface area contributed by atoms with Crippen LogP contribution in [0.25, 0.3) is 10.9 Å². The summed E-state index contributed by atoms with van der Waals surface area (Å²) in [5, 5.41) is 3.87. The van der Waals surface area contributed by atoms with Crippen molar-refractivity contribution in [3.63, 3.8) is 0 Å². The zero-order valence-corrected chi connectivity index (χ0v) is 19.9. The number of amides is 1. The Balaban J connectivity index is 1.32. The van der Waals surface area contributed by atoms with Crippen LogP contribution in [0.5, 0.6) is 0 Å². The van der Waals surface area contributed by atoms with E-state index in [0.717, 1.165) is 43.1 Å². The summed E-state index contributed by atoms with van der Waals surface area (Å²) in [5.74, 6) is -0.0146. The molecule has 8 heteroatoms. The van der Waals surface area contributed by atoms with Gasteiger partial charge < -0.3 is 14.8 Å². The molecule has 176 valence electrons. The number of nitrogens with one attached hydrogen (secondary N) is 1. The van der Waals surface area contributed by atoms with Gasteiger partial charge in [0, 0.05) is 49.3 Å². The number of piperidine rings is 2. The van der Waals surface area contributed by atoms with E-state index in [1.807, 2.05) is 22.9 Å². The average molecular weight is 461 g/mol. The maximum Gasteiger partial charge on any atom is 0.243 e. The van der Waals surface area contributed by atoms with Gasteiger partial charge in [-0.1, -0.05) is 12.8 Å². The number of aromatic nitrogens is 1. The largest absolute Gasteiger partial charge is 0.355 e. The number of carbonyl (C=O) groups is 1. The number of sulfonamides is 1. The number of likely N-dealkylation sites (tertiary alicyclic amines) is 1. The predicted molar refractivity (Wildman–Crippen MR) is 127 cm³/mol. The van der Waals surface area contributed by atoms with Crippen molar-refractivity contribution in [3.05, 3.63) is 30.5 Å². The fraction of sp³-hybridized carbons (Fsp3) is 0.625. The van der Waals surface area contributed by atoms with Crippen molar-refractivity contribution < 1.29 is 13.2 Å². The summed E-state index contributed by atoms with van der Waals surface area (Å²) in [6, 6.07) is 7.75. The highest BCUT2D eigenvalue weighted by Crippen LogP contribution is 2.25. The molecule has 0 saturated carbocycles. The Morgan fingerprint density at radius 2 is 1.84 bits per heavy atom. The molecule has 0 bridgehead atoms. The number of hydrogen-bond acceptors (Lipinski definition) is 4. The molecule has 1 aromatic heterocycles. The van der Waals surface area contributed by atoms with E-state index in [1.54, 1.807) is 16.4 Å². The summed E-state index contributed by atoms with van der Waals surface area (Å²) < 4.78 is 29.4. The minimum absolute atomic E-state index is 0.0146. The van der Waals surface area contributed by atoms with Gasteiger partial charge in [-0.05, 0) is 69.8 Å². The molecule has 2 aromatic rings. The summed E-state index contributed by atoms with van der Waals surface area (Å²) >= 11 is 0. The number of rotatable bonds is 8. The molecule has 32 heavy (non-hydrogen) atoms. The molecular weight excluding hydrogens is 424 g/mol. The highest BCUT2D eigenvalue weighted by Gasteiger charge is 2.26. The standard InChI is InChI=1S/C24H36N4O3S/c1-20-8-3-6-13-26(20)14-7-12-25-24(29)19-27-17-11-21-18-22(9-10-23(21)27)32(30,31)28-15-4-2-5-16-28/h9-11,17-18,20H,2-8,12-16,19H2,1H3,(H,25,29)/t20-/m0/s1. The Kier molecular flexibility index (Phi) is 7.53. The van der Waals surface area contributed by atoms with E-state index in [2.05, 4.69) is 17.1 Å². The molecule has 4 rings (SSSR count). The summed E-state index contributed by atoms with van der Waals surface area (Å²) in [6.45, 7) is 6.60. The molecule has 1 atom stereocenters. The van der Waals surface area contributed by atoms with Crippen LogP contribution in [0.1, 0.15) is 51.9 Å². The summed E-state index contributed by atoms with van der Waals surface area (Å²) in [6.07, 6.45) is 9.62. The molecule has 0 radical (unpaired) electrons. The zero-order chi connectivity index (χ0) is 22.6. The van der Waals surface area contributed by atoms with Gasteiger partial charge in [0.2, 0.25) is 15.9 Å². The van der Waals surface area contributed by atoms with Crippen LogP contribution in [0.3, 0.4) is 0 Å². The van der Waals surface area contributed by atoms with Gasteiger partial charge in [0.1, 0.15) is 6.54 Å². The molecule has 0 aliphatic carbocycles. The van der Waals surface area contributed by atoms with Gasteiger partial charge >= 0.3 is 0 Å². The Morgan fingerprint density at radius 1 is 1.06 bits per heavy atom. The summed E-state index contributed by atoms with van der Waals surface area (Å²) in [4.78, 5) is 15.3. The molecule has 1 amide bonds. The maximum absolute atomic E-state index is 12.9. The van der Waals surface area contributed by atoms with Crippen LogP contribution in [-0.2, 0) is 21.4 Å². The first kappa shape index (κ1) is 23.3. The van der Waals surface area contributed by atoms with Crippen LogP contribution < -0.4 is 5.32 Å². The van der Waals surface area contributed by atoms with Gasteiger partial charge in [0.05, 0.1) is 4.90 Å². The molecule has 1 aromatic carbocycles. The van der Waals surface area contributed by atoms with E-state index in [0.29, 0.717) is 30.6 Å². The van der Waals surface area contributed by atoms with Crippen LogP contribution in [0.15, 0.2) is 35.4 Å². The van der Waals surface area contributed by atoms with Crippen LogP contribution in [0.2, 0.25) is 0 Å². The normalized spacial score (nSPS) is 21.1. The minimum Gasteiger partial charge on any atom is -0.355 e. The fourth-order valence-electron chi connectivity index (χ4n) is 4.94. The van der Waals surface area contributed by atoms with Crippen LogP contribution in [0, 0.1) is 0 Å². The zero-order valence-electron chi connectivity index (χ0n) is 19.1. The van der Waals surface area contributed by atoms with Crippen molar-refractivity contribution in [2.75, 3.05) is 32.7 Å². The van der Waals surface area contributed by atoms with Crippen LogP contribution >= 0.6 is 0 Å². The topological polar surface area (TPSA) is 74.6 Å². The second-order valence-electron chi connectivity index (χ2n) is 9.21. The minimum atomic E-state index is -3.45.